The summed E-state index contributed by atoms with van der Waals surface area (Å²) < 4.78 is 2.71. The SMILES string of the molecule is CCn1c(=O)c2[nH]c(NCCO)nc2n(CC(C)C)c1=O. The van der Waals surface area contributed by atoms with E-state index in [-0.39, 0.29) is 23.8 Å². The first-order valence-corrected chi connectivity index (χ1v) is 7.07. The van der Waals surface area contributed by atoms with Crippen LogP contribution >= 0.6 is 0 Å². The van der Waals surface area contributed by atoms with Crippen molar-refractivity contribution in [2.75, 3.05) is 18.5 Å². The first-order chi connectivity index (χ1) is 9.99. The third-order valence-corrected chi connectivity index (χ3v) is 3.13. The first kappa shape index (κ1) is 15.3. The highest BCUT2D eigenvalue weighted by Crippen LogP contribution is 2.10. The largest absolute Gasteiger partial charge is 0.395 e. The molecule has 0 fully saturated rings. The van der Waals surface area contributed by atoms with Gasteiger partial charge in [0.15, 0.2) is 11.2 Å². The van der Waals surface area contributed by atoms with Crippen molar-refractivity contribution in [3.8, 4) is 0 Å². The van der Waals surface area contributed by atoms with Gasteiger partial charge in [-0.3, -0.25) is 13.9 Å². The Bertz CT molecular complexity index is 741. The number of H-pyrrole nitrogens is 1. The third-order valence-electron chi connectivity index (χ3n) is 3.13. The molecule has 0 saturated heterocycles. The summed E-state index contributed by atoms with van der Waals surface area (Å²) in [5, 5.41) is 11.7. The van der Waals surface area contributed by atoms with Crippen LogP contribution in [0.3, 0.4) is 0 Å². The van der Waals surface area contributed by atoms with Crippen molar-refractivity contribution in [1.82, 2.24) is 19.1 Å². The Balaban J connectivity index is 2.70. The van der Waals surface area contributed by atoms with Gasteiger partial charge in [-0.15, -0.1) is 0 Å². The van der Waals surface area contributed by atoms with Crippen LogP contribution in [-0.4, -0.2) is 37.4 Å². The highest BCUT2D eigenvalue weighted by Gasteiger charge is 2.17. The molecule has 21 heavy (non-hydrogen) atoms. The fourth-order valence-corrected chi connectivity index (χ4v) is 2.23. The number of aromatic amines is 1. The maximum absolute atomic E-state index is 12.4. The fourth-order valence-electron chi connectivity index (χ4n) is 2.23. The van der Waals surface area contributed by atoms with E-state index in [1.807, 2.05) is 13.8 Å². The number of aliphatic hydroxyl groups excluding tert-OH is 1. The van der Waals surface area contributed by atoms with E-state index in [4.69, 9.17) is 5.11 Å². The summed E-state index contributed by atoms with van der Waals surface area (Å²) in [7, 11) is 0. The summed E-state index contributed by atoms with van der Waals surface area (Å²) in [6.07, 6.45) is 0. The number of aliphatic hydroxyl groups is 1. The minimum Gasteiger partial charge on any atom is -0.395 e. The van der Waals surface area contributed by atoms with Crippen molar-refractivity contribution in [1.29, 1.82) is 0 Å². The summed E-state index contributed by atoms with van der Waals surface area (Å²) in [4.78, 5) is 31.9. The van der Waals surface area contributed by atoms with E-state index in [1.54, 1.807) is 6.92 Å². The minimum atomic E-state index is -0.373. The molecule has 0 aliphatic carbocycles. The van der Waals surface area contributed by atoms with Crippen LogP contribution in [0.1, 0.15) is 20.8 Å². The van der Waals surface area contributed by atoms with Crippen LogP contribution in [-0.2, 0) is 13.1 Å². The van der Waals surface area contributed by atoms with Gasteiger partial charge in [-0.2, -0.15) is 4.98 Å². The number of rotatable bonds is 6. The van der Waals surface area contributed by atoms with Gasteiger partial charge in [-0.1, -0.05) is 13.8 Å². The third kappa shape index (κ3) is 2.85. The van der Waals surface area contributed by atoms with Gasteiger partial charge >= 0.3 is 5.69 Å². The molecule has 0 bridgehead atoms. The summed E-state index contributed by atoms with van der Waals surface area (Å²) in [6, 6.07) is 0. The Morgan fingerprint density at radius 1 is 1.33 bits per heavy atom. The molecule has 2 aromatic heterocycles. The highest BCUT2D eigenvalue weighted by molar-refractivity contribution is 5.72. The van der Waals surface area contributed by atoms with Crippen molar-refractivity contribution in [3.63, 3.8) is 0 Å². The zero-order chi connectivity index (χ0) is 15.6. The predicted octanol–water partition coefficient (Wildman–Crippen LogP) is -0.0336. The number of imidazole rings is 1. The zero-order valence-electron chi connectivity index (χ0n) is 12.5. The molecule has 8 heteroatoms. The number of anilines is 1. The quantitative estimate of drug-likeness (QED) is 0.694. The van der Waals surface area contributed by atoms with Gasteiger partial charge in [-0.05, 0) is 12.8 Å². The minimum absolute atomic E-state index is 0.0466. The normalized spacial score (nSPS) is 11.5. The second-order valence-corrected chi connectivity index (χ2v) is 5.27. The Morgan fingerprint density at radius 2 is 2.05 bits per heavy atom. The molecule has 0 atom stereocenters. The highest BCUT2D eigenvalue weighted by atomic mass is 16.3. The summed E-state index contributed by atoms with van der Waals surface area (Å²) in [6.45, 7) is 6.82. The van der Waals surface area contributed by atoms with Crippen molar-refractivity contribution in [3.05, 3.63) is 20.8 Å². The van der Waals surface area contributed by atoms with Gasteiger partial charge < -0.3 is 15.4 Å². The van der Waals surface area contributed by atoms with E-state index < -0.39 is 0 Å². The van der Waals surface area contributed by atoms with Crippen molar-refractivity contribution in [2.45, 2.75) is 33.9 Å². The van der Waals surface area contributed by atoms with E-state index in [1.165, 1.54) is 9.13 Å². The maximum atomic E-state index is 12.4. The smallest absolute Gasteiger partial charge is 0.332 e. The van der Waals surface area contributed by atoms with Crippen LogP contribution in [0.25, 0.3) is 11.2 Å². The molecular formula is C13H21N5O3. The second kappa shape index (κ2) is 6.13. The number of aromatic nitrogens is 4. The molecule has 3 N–H and O–H groups in total. The molecule has 0 aliphatic rings. The predicted molar refractivity (Wildman–Crippen MR) is 80.7 cm³/mol. The average molecular weight is 295 g/mol. The molecule has 2 heterocycles. The van der Waals surface area contributed by atoms with E-state index in [2.05, 4.69) is 15.3 Å². The van der Waals surface area contributed by atoms with Crippen LogP contribution in [0.4, 0.5) is 5.95 Å². The molecule has 0 aliphatic heterocycles. The lowest BCUT2D eigenvalue weighted by molar-refractivity contribution is 0.311. The molecule has 2 rings (SSSR count). The second-order valence-electron chi connectivity index (χ2n) is 5.27. The lowest BCUT2D eigenvalue weighted by atomic mass is 10.2. The van der Waals surface area contributed by atoms with Gasteiger partial charge in [0.05, 0.1) is 6.61 Å². The lowest BCUT2D eigenvalue weighted by Gasteiger charge is -2.11. The first-order valence-electron chi connectivity index (χ1n) is 7.07. The number of nitrogens with one attached hydrogen (secondary N) is 2. The van der Waals surface area contributed by atoms with Crippen molar-refractivity contribution < 1.29 is 5.11 Å². The zero-order valence-corrected chi connectivity index (χ0v) is 12.5. The molecule has 0 radical (unpaired) electrons. The molecule has 8 nitrogen and oxygen atoms in total. The van der Waals surface area contributed by atoms with Gasteiger partial charge in [0.25, 0.3) is 5.56 Å². The number of hydrogen-bond acceptors (Lipinski definition) is 5. The summed E-state index contributed by atoms with van der Waals surface area (Å²) in [5.41, 5.74) is -0.0626. The monoisotopic (exact) mass is 295 g/mol. The van der Waals surface area contributed by atoms with Gasteiger partial charge in [-0.25, -0.2) is 4.79 Å². The molecule has 0 amide bonds. The van der Waals surface area contributed by atoms with Crippen molar-refractivity contribution >= 4 is 17.1 Å². The molecule has 116 valence electrons. The Hall–Kier alpha value is -2.09. The van der Waals surface area contributed by atoms with E-state index >= 15 is 0 Å². The Kier molecular flexibility index (Phi) is 4.46. The molecule has 0 aromatic carbocycles. The van der Waals surface area contributed by atoms with Crippen molar-refractivity contribution in [2.24, 2.45) is 5.92 Å². The Morgan fingerprint density at radius 3 is 2.62 bits per heavy atom. The van der Waals surface area contributed by atoms with E-state index in [0.717, 1.165) is 0 Å². The molecule has 0 spiro atoms. The standard InChI is InChI=1S/C13H21N5O3/c1-4-17-11(20)9-10(16-12(15-9)14-5-6-19)18(13(17)21)7-8(2)3/h8,19H,4-7H2,1-3H3,(H2,14,15,16). The van der Waals surface area contributed by atoms with Crippen LogP contribution in [0.5, 0.6) is 0 Å². The number of hydrogen-bond donors (Lipinski definition) is 3. The van der Waals surface area contributed by atoms with Crippen LogP contribution < -0.4 is 16.6 Å². The van der Waals surface area contributed by atoms with Crippen LogP contribution in [0.2, 0.25) is 0 Å². The number of fused-ring (bicyclic) bond motifs is 1. The Labute approximate surface area is 121 Å². The van der Waals surface area contributed by atoms with E-state index in [0.29, 0.717) is 36.7 Å². The molecular weight excluding hydrogens is 274 g/mol. The van der Waals surface area contributed by atoms with Crippen LogP contribution in [0, 0.1) is 5.92 Å². The van der Waals surface area contributed by atoms with Crippen LogP contribution in [0.15, 0.2) is 9.59 Å². The molecule has 2 aromatic rings. The molecule has 0 saturated carbocycles. The summed E-state index contributed by atoms with van der Waals surface area (Å²) >= 11 is 0. The maximum Gasteiger partial charge on any atom is 0.332 e. The van der Waals surface area contributed by atoms with Gasteiger partial charge in [0.1, 0.15) is 0 Å². The topological polar surface area (TPSA) is 105 Å². The van der Waals surface area contributed by atoms with E-state index in [9.17, 15) is 9.59 Å². The lowest BCUT2D eigenvalue weighted by Crippen LogP contribution is -2.40. The molecule has 0 unspecified atom stereocenters. The van der Waals surface area contributed by atoms with Gasteiger partial charge in [0, 0.05) is 19.6 Å². The summed E-state index contributed by atoms with van der Waals surface area (Å²) in [5.74, 6) is 0.626. The van der Waals surface area contributed by atoms with Gasteiger partial charge in [0.2, 0.25) is 5.95 Å². The number of nitrogens with zero attached hydrogens (tertiary/aromatic N) is 3. The fraction of sp³-hybridized carbons (Fsp3) is 0.615. The average Bonchev–Trinajstić information content (AvgIpc) is 2.86.